The molecule has 2 heteroatoms. The van der Waals surface area contributed by atoms with E-state index in [1.807, 2.05) is 31.2 Å². The monoisotopic (exact) mass is 234 g/mol. The molecule has 17 heavy (non-hydrogen) atoms. The number of hydrogen-bond donors (Lipinski definition) is 0. The average Bonchev–Trinajstić information content (AvgIpc) is 2.30. The van der Waals surface area contributed by atoms with Gasteiger partial charge < -0.3 is 4.74 Å². The van der Waals surface area contributed by atoms with Crippen molar-refractivity contribution in [3.8, 4) is 5.75 Å². The van der Waals surface area contributed by atoms with E-state index >= 15 is 0 Å². The summed E-state index contributed by atoms with van der Waals surface area (Å²) in [5.41, 5.74) is 0.763. The van der Waals surface area contributed by atoms with Crippen LogP contribution in [0.3, 0.4) is 0 Å². The van der Waals surface area contributed by atoms with Gasteiger partial charge in [-0.05, 0) is 25.0 Å². The van der Waals surface area contributed by atoms with Gasteiger partial charge in [0.05, 0.1) is 6.61 Å². The van der Waals surface area contributed by atoms with Crippen LogP contribution in [0.5, 0.6) is 5.75 Å². The fraction of sp³-hybridized carbons (Fsp3) is 0.533. The number of Topliss-reactive ketones (excluding diaryl/α,β-unsaturated/α-hetero) is 1. The Morgan fingerprint density at radius 3 is 2.76 bits per heavy atom. The highest BCUT2D eigenvalue weighted by molar-refractivity contribution is 5.96. The minimum Gasteiger partial charge on any atom is -0.494 e. The van der Waals surface area contributed by atoms with E-state index in [2.05, 4.69) is 13.8 Å². The van der Waals surface area contributed by atoms with Gasteiger partial charge in [-0.25, -0.2) is 0 Å². The van der Waals surface area contributed by atoms with Gasteiger partial charge in [-0.15, -0.1) is 0 Å². The lowest BCUT2D eigenvalue weighted by Crippen LogP contribution is -2.06. The summed E-state index contributed by atoms with van der Waals surface area (Å²) in [4.78, 5) is 12.0. The number of rotatable bonds is 7. The molecule has 1 rings (SSSR count). The molecular weight excluding hydrogens is 212 g/mol. The molecule has 2 nitrogen and oxygen atoms in total. The van der Waals surface area contributed by atoms with Crippen molar-refractivity contribution in [3.05, 3.63) is 29.8 Å². The van der Waals surface area contributed by atoms with Crippen LogP contribution < -0.4 is 4.74 Å². The summed E-state index contributed by atoms with van der Waals surface area (Å²) < 4.78 is 5.40. The third-order valence-corrected chi connectivity index (χ3v) is 2.78. The maximum absolute atomic E-state index is 12.0. The second-order valence-corrected chi connectivity index (χ2v) is 4.48. The molecule has 94 valence electrons. The molecule has 1 atom stereocenters. The van der Waals surface area contributed by atoms with Crippen LogP contribution in [-0.2, 0) is 0 Å². The zero-order chi connectivity index (χ0) is 12.7. The topological polar surface area (TPSA) is 26.3 Å². The molecule has 0 bridgehead atoms. The van der Waals surface area contributed by atoms with Crippen LogP contribution in [0.1, 0.15) is 50.4 Å². The van der Waals surface area contributed by atoms with E-state index in [1.165, 1.54) is 0 Å². The Bertz CT molecular complexity index is 358. The van der Waals surface area contributed by atoms with Gasteiger partial charge in [-0.1, -0.05) is 38.8 Å². The molecule has 0 aliphatic rings. The van der Waals surface area contributed by atoms with Crippen molar-refractivity contribution < 1.29 is 9.53 Å². The molecule has 1 unspecified atom stereocenters. The Labute approximate surface area is 104 Å². The second kappa shape index (κ2) is 7.10. The highest BCUT2D eigenvalue weighted by Gasteiger charge is 2.11. The molecule has 0 saturated carbocycles. The molecule has 0 fully saturated rings. The van der Waals surface area contributed by atoms with Crippen LogP contribution in [-0.4, -0.2) is 12.4 Å². The largest absolute Gasteiger partial charge is 0.494 e. The van der Waals surface area contributed by atoms with Gasteiger partial charge in [-0.2, -0.15) is 0 Å². The normalized spacial score (nSPS) is 12.2. The minimum atomic E-state index is 0.215. The SMILES string of the molecule is CCCC(C)CC(=O)c1cccc(OCC)c1. The second-order valence-electron chi connectivity index (χ2n) is 4.48. The van der Waals surface area contributed by atoms with Crippen molar-refractivity contribution in [2.75, 3.05) is 6.61 Å². The van der Waals surface area contributed by atoms with Crippen LogP contribution in [0.15, 0.2) is 24.3 Å². The van der Waals surface area contributed by atoms with Crippen molar-refractivity contribution in [1.82, 2.24) is 0 Å². The van der Waals surface area contributed by atoms with Gasteiger partial charge in [-0.3, -0.25) is 4.79 Å². The predicted molar refractivity (Wildman–Crippen MR) is 70.6 cm³/mol. The lowest BCUT2D eigenvalue weighted by atomic mass is 9.96. The maximum Gasteiger partial charge on any atom is 0.163 e. The molecule has 0 amide bonds. The standard InChI is InChI=1S/C15H22O2/c1-4-7-12(3)10-15(16)13-8-6-9-14(11-13)17-5-2/h6,8-9,11-12H,4-5,7,10H2,1-3H3. The number of carbonyl (C=O) groups excluding carboxylic acids is 1. The van der Waals surface area contributed by atoms with Crippen molar-refractivity contribution in [1.29, 1.82) is 0 Å². The van der Waals surface area contributed by atoms with Crippen molar-refractivity contribution >= 4 is 5.78 Å². The summed E-state index contributed by atoms with van der Waals surface area (Å²) in [6, 6.07) is 7.46. The Kier molecular flexibility index (Phi) is 5.75. The third-order valence-electron chi connectivity index (χ3n) is 2.78. The highest BCUT2D eigenvalue weighted by atomic mass is 16.5. The Balaban J connectivity index is 2.65. The first-order valence-corrected chi connectivity index (χ1v) is 6.43. The number of ketones is 1. The first-order valence-electron chi connectivity index (χ1n) is 6.43. The molecule has 0 heterocycles. The fourth-order valence-electron chi connectivity index (χ4n) is 1.96. The van der Waals surface area contributed by atoms with E-state index in [0.29, 0.717) is 18.9 Å². The smallest absolute Gasteiger partial charge is 0.163 e. The van der Waals surface area contributed by atoms with E-state index in [-0.39, 0.29) is 5.78 Å². The van der Waals surface area contributed by atoms with Crippen LogP contribution in [0.4, 0.5) is 0 Å². The van der Waals surface area contributed by atoms with Gasteiger partial charge in [0.15, 0.2) is 5.78 Å². The van der Waals surface area contributed by atoms with E-state index < -0.39 is 0 Å². The maximum atomic E-state index is 12.0. The van der Waals surface area contributed by atoms with Crippen molar-refractivity contribution in [2.24, 2.45) is 5.92 Å². The van der Waals surface area contributed by atoms with Crippen LogP contribution >= 0.6 is 0 Å². The number of carbonyl (C=O) groups is 1. The third kappa shape index (κ3) is 4.59. The number of ether oxygens (including phenoxy) is 1. The molecule has 0 aliphatic heterocycles. The van der Waals surface area contributed by atoms with Crippen LogP contribution in [0, 0.1) is 5.92 Å². The van der Waals surface area contributed by atoms with Gasteiger partial charge in [0.1, 0.15) is 5.75 Å². The van der Waals surface area contributed by atoms with E-state index in [1.54, 1.807) is 0 Å². The molecule has 0 saturated heterocycles. The highest BCUT2D eigenvalue weighted by Crippen LogP contribution is 2.18. The predicted octanol–water partition coefficient (Wildman–Crippen LogP) is 4.09. The summed E-state index contributed by atoms with van der Waals surface area (Å²) >= 11 is 0. The van der Waals surface area contributed by atoms with Crippen molar-refractivity contribution in [2.45, 2.75) is 40.0 Å². The lowest BCUT2D eigenvalue weighted by molar-refractivity contribution is 0.0962. The summed E-state index contributed by atoms with van der Waals surface area (Å²) in [5.74, 6) is 1.46. The molecule has 0 aromatic heterocycles. The first-order chi connectivity index (χ1) is 8.17. The summed E-state index contributed by atoms with van der Waals surface area (Å²) in [5, 5.41) is 0. The van der Waals surface area contributed by atoms with Crippen molar-refractivity contribution in [3.63, 3.8) is 0 Å². The summed E-state index contributed by atoms with van der Waals surface area (Å²) in [7, 11) is 0. The molecular formula is C15H22O2. The Morgan fingerprint density at radius 2 is 2.12 bits per heavy atom. The Morgan fingerprint density at radius 1 is 1.35 bits per heavy atom. The molecule has 0 aliphatic carbocycles. The molecule has 0 radical (unpaired) electrons. The first kappa shape index (κ1) is 13.8. The van der Waals surface area contributed by atoms with Crippen LogP contribution in [0.25, 0.3) is 0 Å². The zero-order valence-electron chi connectivity index (χ0n) is 11.0. The minimum absolute atomic E-state index is 0.215. The van der Waals surface area contributed by atoms with Gasteiger partial charge in [0.25, 0.3) is 0 Å². The summed E-state index contributed by atoms with van der Waals surface area (Å²) in [6.45, 7) is 6.85. The van der Waals surface area contributed by atoms with E-state index in [9.17, 15) is 4.79 Å². The van der Waals surface area contributed by atoms with E-state index in [4.69, 9.17) is 4.74 Å². The van der Waals surface area contributed by atoms with E-state index in [0.717, 1.165) is 24.2 Å². The Hall–Kier alpha value is -1.31. The van der Waals surface area contributed by atoms with Gasteiger partial charge in [0, 0.05) is 12.0 Å². The van der Waals surface area contributed by atoms with Gasteiger partial charge >= 0.3 is 0 Å². The average molecular weight is 234 g/mol. The van der Waals surface area contributed by atoms with Crippen LogP contribution in [0.2, 0.25) is 0 Å². The lowest BCUT2D eigenvalue weighted by Gasteiger charge is -2.10. The number of hydrogen-bond acceptors (Lipinski definition) is 2. The zero-order valence-corrected chi connectivity index (χ0v) is 11.0. The number of benzene rings is 1. The molecule has 1 aromatic carbocycles. The summed E-state index contributed by atoms with van der Waals surface area (Å²) in [6.07, 6.45) is 2.87. The van der Waals surface area contributed by atoms with Gasteiger partial charge in [0.2, 0.25) is 0 Å². The quantitative estimate of drug-likeness (QED) is 0.664. The molecule has 1 aromatic rings. The fourth-order valence-corrected chi connectivity index (χ4v) is 1.96. The molecule has 0 spiro atoms. The molecule has 0 N–H and O–H groups in total.